The predicted octanol–water partition coefficient (Wildman–Crippen LogP) is 2.28. The Morgan fingerprint density at radius 2 is 2.41 bits per heavy atom. The largest absolute Gasteiger partial charge is 0.481 e. The molecule has 0 amide bonds. The second-order valence-corrected chi connectivity index (χ2v) is 4.70. The highest BCUT2D eigenvalue weighted by Gasteiger charge is 2.12. The number of nitrogens with zero attached hydrogens (tertiary/aromatic N) is 3. The first-order valence-corrected chi connectivity index (χ1v) is 6.34. The topological polar surface area (TPSA) is 68.0 Å². The van der Waals surface area contributed by atoms with Crippen molar-refractivity contribution < 1.29 is 9.90 Å². The Morgan fingerprint density at radius 3 is 3.06 bits per heavy atom. The van der Waals surface area contributed by atoms with Gasteiger partial charge >= 0.3 is 5.97 Å². The third-order valence-corrected chi connectivity index (χ3v) is 3.33. The van der Waals surface area contributed by atoms with E-state index in [0.29, 0.717) is 22.2 Å². The number of aryl methyl sites for hydroxylation is 1. The molecule has 0 aliphatic heterocycles. The average Bonchev–Trinajstić information content (AvgIpc) is 2.62. The number of aromatic nitrogens is 3. The second-order valence-electron chi connectivity index (χ2n) is 3.32. The molecule has 0 saturated heterocycles. The Labute approximate surface area is 107 Å². The molecule has 0 bridgehead atoms. The van der Waals surface area contributed by atoms with Crippen LogP contribution in [0.3, 0.4) is 0 Å². The number of fused-ring (bicyclic) bond motifs is 1. The van der Waals surface area contributed by atoms with Crippen LogP contribution in [-0.2, 0) is 11.3 Å². The van der Waals surface area contributed by atoms with Crippen molar-refractivity contribution in [3.05, 3.63) is 17.3 Å². The molecule has 2 heterocycles. The molecule has 90 valence electrons. The molecule has 0 fully saturated rings. The summed E-state index contributed by atoms with van der Waals surface area (Å²) in [5, 5.41) is 9.84. The van der Waals surface area contributed by atoms with Crippen LogP contribution in [0, 0.1) is 0 Å². The Morgan fingerprint density at radius 1 is 1.65 bits per heavy atom. The number of hydrogen-bond acceptors (Lipinski definition) is 4. The lowest BCUT2D eigenvalue weighted by Gasteiger charge is -2.02. The minimum Gasteiger partial charge on any atom is -0.481 e. The van der Waals surface area contributed by atoms with Crippen LogP contribution in [0.15, 0.2) is 17.4 Å². The van der Waals surface area contributed by atoms with Crippen molar-refractivity contribution in [1.82, 2.24) is 14.5 Å². The second kappa shape index (κ2) is 4.93. The summed E-state index contributed by atoms with van der Waals surface area (Å²) in [6.45, 7) is 2.65. The van der Waals surface area contributed by atoms with Crippen LogP contribution in [0.5, 0.6) is 0 Å². The highest BCUT2D eigenvalue weighted by molar-refractivity contribution is 7.99. The fraction of sp³-hybridized carbons (Fsp3) is 0.300. The molecule has 2 aromatic rings. The summed E-state index contributed by atoms with van der Waals surface area (Å²) in [7, 11) is 0. The average molecular weight is 272 g/mol. The maximum absolute atomic E-state index is 10.5. The van der Waals surface area contributed by atoms with Crippen molar-refractivity contribution in [2.45, 2.75) is 18.6 Å². The minimum atomic E-state index is -0.865. The highest BCUT2D eigenvalue weighted by Crippen LogP contribution is 2.24. The molecule has 7 heteroatoms. The zero-order valence-corrected chi connectivity index (χ0v) is 10.6. The lowest BCUT2D eigenvalue weighted by Crippen LogP contribution is -2.02. The molecule has 0 aromatic carbocycles. The van der Waals surface area contributed by atoms with Crippen LogP contribution in [0.25, 0.3) is 11.2 Å². The number of carboxylic acids is 1. The van der Waals surface area contributed by atoms with E-state index in [-0.39, 0.29) is 5.75 Å². The van der Waals surface area contributed by atoms with Gasteiger partial charge in [-0.2, -0.15) is 0 Å². The lowest BCUT2D eigenvalue weighted by atomic mass is 10.4. The fourth-order valence-electron chi connectivity index (χ4n) is 1.49. The van der Waals surface area contributed by atoms with E-state index in [4.69, 9.17) is 16.7 Å². The molecule has 0 unspecified atom stereocenters. The fourth-order valence-corrected chi connectivity index (χ4v) is 2.43. The molecule has 0 radical (unpaired) electrons. The third-order valence-electron chi connectivity index (χ3n) is 2.16. The standard InChI is InChI=1S/C10H10ClN3O2S/c1-2-14-9-7(3-6(11)4-12-9)13-10(14)17-5-8(15)16/h3-4H,2,5H2,1H3,(H,15,16). The first kappa shape index (κ1) is 12.2. The molecular formula is C10H10ClN3O2S. The number of aliphatic carboxylic acids is 1. The highest BCUT2D eigenvalue weighted by atomic mass is 35.5. The van der Waals surface area contributed by atoms with Crippen LogP contribution >= 0.6 is 23.4 Å². The molecule has 0 spiro atoms. The van der Waals surface area contributed by atoms with Crippen molar-refractivity contribution in [1.29, 1.82) is 0 Å². The quantitative estimate of drug-likeness (QED) is 0.864. The van der Waals surface area contributed by atoms with E-state index in [2.05, 4.69) is 9.97 Å². The van der Waals surface area contributed by atoms with Gasteiger partial charge in [0.25, 0.3) is 0 Å². The van der Waals surface area contributed by atoms with Gasteiger partial charge in [0.2, 0.25) is 0 Å². The van der Waals surface area contributed by atoms with Crippen molar-refractivity contribution in [2.75, 3.05) is 5.75 Å². The molecule has 17 heavy (non-hydrogen) atoms. The number of thioether (sulfide) groups is 1. The molecular weight excluding hydrogens is 262 g/mol. The van der Waals surface area contributed by atoms with Gasteiger partial charge in [0.15, 0.2) is 10.8 Å². The van der Waals surface area contributed by atoms with Gasteiger partial charge in [-0.25, -0.2) is 9.97 Å². The zero-order chi connectivity index (χ0) is 12.4. The first-order valence-electron chi connectivity index (χ1n) is 4.98. The molecule has 2 aromatic heterocycles. The normalized spacial score (nSPS) is 10.9. The SMILES string of the molecule is CCn1c(SCC(=O)O)nc2cc(Cl)cnc21. The number of rotatable bonds is 4. The van der Waals surface area contributed by atoms with Gasteiger partial charge in [-0.3, -0.25) is 4.79 Å². The van der Waals surface area contributed by atoms with Crippen molar-refractivity contribution >= 4 is 40.5 Å². The summed E-state index contributed by atoms with van der Waals surface area (Å²) in [5.41, 5.74) is 1.41. The number of carbonyl (C=O) groups is 1. The van der Waals surface area contributed by atoms with Gasteiger partial charge < -0.3 is 9.67 Å². The van der Waals surface area contributed by atoms with E-state index in [9.17, 15) is 4.79 Å². The van der Waals surface area contributed by atoms with E-state index < -0.39 is 5.97 Å². The van der Waals surface area contributed by atoms with E-state index in [0.717, 1.165) is 5.65 Å². The molecule has 0 aliphatic rings. The van der Waals surface area contributed by atoms with Crippen molar-refractivity contribution in [3.8, 4) is 0 Å². The van der Waals surface area contributed by atoms with Gasteiger partial charge in [0.05, 0.1) is 10.8 Å². The summed E-state index contributed by atoms with van der Waals surface area (Å²) in [6.07, 6.45) is 1.56. The maximum atomic E-state index is 10.5. The number of carboxylic acid groups (broad SMARTS) is 1. The predicted molar refractivity (Wildman–Crippen MR) is 66.6 cm³/mol. The number of pyridine rings is 1. The molecule has 1 N–H and O–H groups in total. The summed E-state index contributed by atoms with van der Waals surface area (Å²) in [4.78, 5) is 19.1. The number of imidazole rings is 1. The number of hydrogen-bond donors (Lipinski definition) is 1. The molecule has 0 atom stereocenters. The summed E-state index contributed by atoms with van der Waals surface area (Å²) in [6, 6.07) is 1.72. The Kier molecular flexibility index (Phi) is 3.54. The van der Waals surface area contributed by atoms with E-state index in [1.807, 2.05) is 11.5 Å². The van der Waals surface area contributed by atoms with Crippen LogP contribution in [0.4, 0.5) is 0 Å². The van der Waals surface area contributed by atoms with Gasteiger partial charge in [0, 0.05) is 12.7 Å². The van der Waals surface area contributed by atoms with Gasteiger partial charge in [-0.1, -0.05) is 23.4 Å². The first-order chi connectivity index (χ1) is 8.11. The summed E-state index contributed by atoms with van der Waals surface area (Å²) < 4.78 is 1.87. The van der Waals surface area contributed by atoms with Gasteiger partial charge in [-0.05, 0) is 13.0 Å². The van der Waals surface area contributed by atoms with Crippen LogP contribution in [0.2, 0.25) is 5.02 Å². The van der Waals surface area contributed by atoms with Crippen molar-refractivity contribution in [2.24, 2.45) is 0 Å². The Bertz CT molecular complexity index is 570. The molecule has 5 nitrogen and oxygen atoms in total. The van der Waals surface area contributed by atoms with Crippen LogP contribution in [0.1, 0.15) is 6.92 Å². The zero-order valence-electron chi connectivity index (χ0n) is 9.05. The van der Waals surface area contributed by atoms with E-state index in [1.165, 1.54) is 11.8 Å². The van der Waals surface area contributed by atoms with Crippen LogP contribution < -0.4 is 0 Å². The Hall–Kier alpha value is -1.27. The molecule has 0 saturated carbocycles. The third kappa shape index (κ3) is 2.53. The monoisotopic (exact) mass is 271 g/mol. The van der Waals surface area contributed by atoms with E-state index in [1.54, 1.807) is 12.3 Å². The van der Waals surface area contributed by atoms with Crippen molar-refractivity contribution in [3.63, 3.8) is 0 Å². The smallest absolute Gasteiger partial charge is 0.313 e. The van der Waals surface area contributed by atoms with Gasteiger partial charge in [0.1, 0.15) is 5.52 Å². The molecule has 2 rings (SSSR count). The van der Waals surface area contributed by atoms with Crippen LogP contribution in [-0.4, -0.2) is 31.4 Å². The van der Waals surface area contributed by atoms with E-state index >= 15 is 0 Å². The molecule has 0 aliphatic carbocycles. The minimum absolute atomic E-state index is 0.0168. The Balaban J connectivity index is 2.44. The van der Waals surface area contributed by atoms with Gasteiger partial charge in [-0.15, -0.1) is 0 Å². The lowest BCUT2D eigenvalue weighted by molar-refractivity contribution is -0.133. The summed E-state index contributed by atoms with van der Waals surface area (Å²) in [5.74, 6) is -0.882. The summed E-state index contributed by atoms with van der Waals surface area (Å²) >= 11 is 7.02. The number of halogens is 1. The maximum Gasteiger partial charge on any atom is 0.313 e.